The summed E-state index contributed by atoms with van der Waals surface area (Å²) in [7, 11) is 1.71. The van der Waals surface area contributed by atoms with E-state index in [1.807, 2.05) is 6.92 Å². The molecule has 98 valence electrons. The third-order valence-electron chi connectivity index (χ3n) is 3.81. The molecule has 1 aliphatic rings. The summed E-state index contributed by atoms with van der Waals surface area (Å²) >= 11 is 0. The van der Waals surface area contributed by atoms with Crippen LogP contribution in [0.3, 0.4) is 0 Å². The first kappa shape index (κ1) is 13.0. The molecule has 2 rings (SSSR count). The summed E-state index contributed by atoms with van der Waals surface area (Å²) in [5.74, 6) is -1.52. The molecule has 1 unspecified atom stereocenters. The number of hydrogen-bond acceptors (Lipinski definition) is 1. The number of nitrogens with zero attached hydrogens (tertiary/aromatic N) is 1. The molecule has 1 saturated carbocycles. The zero-order chi connectivity index (χ0) is 13.3. The fraction of sp³-hybridized carbons (Fsp3) is 0.500. The maximum atomic E-state index is 13.2. The standard InChI is InChI=1S/C14H17F2NO/c1-9(11-6-7-12(15)13(16)8-11)17(2)14(18)10-4-3-5-10/h6-10H,3-5H2,1-2H3. The lowest BCUT2D eigenvalue weighted by Crippen LogP contribution is -2.37. The van der Waals surface area contributed by atoms with Crippen LogP contribution in [0.25, 0.3) is 0 Å². The van der Waals surface area contributed by atoms with Crippen molar-refractivity contribution in [1.82, 2.24) is 4.90 Å². The van der Waals surface area contributed by atoms with Crippen LogP contribution in [0.5, 0.6) is 0 Å². The maximum Gasteiger partial charge on any atom is 0.225 e. The summed E-state index contributed by atoms with van der Waals surface area (Å²) in [5, 5.41) is 0. The molecular weight excluding hydrogens is 236 g/mol. The molecule has 1 amide bonds. The molecule has 1 aromatic rings. The number of halogens is 2. The average molecular weight is 253 g/mol. The molecule has 0 radical (unpaired) electrons. The first-order chi connectivity index (χ1) is 8.50. The minimum Gasteiger partial charge on any atom is -0.339 e. The van der Waals surface area contributed by atoms with Crippen LogP contribution in [-0.2, 0) is 4.79 Å². The van der Waals surface area contributed by atoms with Crippen molar-refractivity contribution in [2.45, 2.75) is 32.2 Å². The fourth-order valence-electron chi connectivity index (χ4n) is 2.13. The van der Waals surface area contributed by atoms with Crippen molar-refractivity contribution in [3.63, 3.8) is 0 Å². The maximum absolute atomic E-state index is 13.2. The second-order valence-electron chi connectivity index (χ2n) is 4.93. The van der Waals surface area contributed by atoms with E-state index in [9.17, 15) is 13.6 Å². The zero-order valence-corrected chi connectivity index (χ0v) is 10.6. The quantitative estimate of drug-likeness (QED) is 0.809. The minimum atomic E-state index is -0.871. The van der Waals surface area contributed by atoms with E-state index < -0.39 is 11.6 Å². The van der Waals surface area contributed by atoms with E-state index in [2.05, 4.69) is 0 Å². The van der Waals surface area contributed by atoms with Crippen LogP contribution in [-0.4, -0.2) is 17.9 Å². The van der Waals surface area contributed by atoms with Gasteiger partial charge < -0.3 is 4.90 Å². The van der Waals surface area contributed by atoms with Gasteiger partial charge in [0, 0.05) is 13.0 Å². The minimum absolute atomic E-state index is 0.0958. The summed E-state index contributed by atoms with van der Waals surface area (Å²) in [6.45, 7) is 1.82. The summed E-state index contributed by atoms with van der Waals surface area (Å²) in [4.78, 5) is 13.7. The van der Waals surface area contributed by atoms with E-state index in [1.165, 1.54) is 6.07 Å². The Bertz CT molecular complexity index is 457. The van der Waals surface area contributed by atoms with Crippen molar-refractivity contribution in [3.05, 3.63) is 35.4 Å². The molecule has 0 spiro atoms. The molecule has 4 heteroatoms. The number of amides is 1. The van der Waals surface area contributed by atoms with Gasteiger partial charge in [0.1, 0.15) is 0 Å². The van der Waals surface area contributed by atoms with Crippen molar-refractivity contribution in [1.29, 1.82) is 0 Å². The molecule has 2 nitrogen and oxygen atoms in total. The lowest BCUT2D eigenvalue weighted by atomic mass is 9.84. The molecule has 0 saturated heterocycles. The number of benzene rings is 1. The Morgan fingerprint density at radius 2 is 2.00 bits per heavy atom. The van der Waals surface area contributed by atoms with Gasteiger partial charge in [-0.15, -0.1) is 0 Å². The Labute approximate surface area is 106 Å². The monoisotopic (exact) mass is 253 g/mol. The van der Waals surface area contributed by atoms with E-state index in [-0.39, 0.29) is 17.9 Å². The highest BCUT2D eigenvalue weighted by molar-refractivity contribution is 5.79. The Hall–Kier alpha value is -1.45. The molecule has 18 heavy (non-hydrogen) atoms. The number of carbonyl (C=O) groups is 1. The Morgan fingerprint density at radius 3 is 2.50 bits per heavy atom. The smallest absolute Gasteiger partial charge is 0.225 e. The summed E-state index contributed by atoms with van der Waals surface area (Å²) in [5.41, 5.74) is 0.615. The van der Waals surface area contributed by atoms with Gasteiger partial charge in [-0.3, -0.25) is 4.79 Å². The van der Waals surface area contributed by atoms with E-state index in [0.717, 1.165) is 31.4 Å². The summed E-state index contributed by atoms with van der Waals surface area (Å²) < 4.78 is 26.0. The Morgan fingerprint density at radius 1 is 1.33 bits per heavy atom. The van der Waals surface area contributed by atoms with Crippen molar-refractivity contribution in [3.8, 4) is 0 Å². The van der Waals surface area contributed by atoms with Crippen LogP contribution >= 0.6 is 0 Å². The second kappa shape index (κ2) is 5.04. The Kier molecular flexibility index (Phi) is 3.64. The predicted octanol–water partition coefficient (Wildman–Crippen LogP) is 3.28. The van der Waals surface area contributed by atoms with E-state index in [4.69, 9.17) is 0 Å². The third-order valence-corrected chi connectivity index (χ3v) is 3.81. The fourth-order valence-corrected chi connectivity index (χ4v) is 2.13. The highest BCUT2D eigenvalue weighted by Crippen LogP contribution is 2.31. The molecule has 0 bridgehead atoms. The van der Waals surface area contributed by atoms with Gasteiger partial charge in [-0.2, -0.15) is 0 Å². The van der Waals surface area contributed by atoms with Gasteiger partial charge in [0.15, 0.2) is 11.6 Å². The van der Waals surface area contributed by atoms with Gasteiger partial charge in [-0.1, -0.05) is 12.5 Å². The van der Waals surface area contributed by atoms with Gasteiger partial charge in [0.05, 0.1) is 6.04 Å². The van der Waals surface area contributed by atoms with Gasteiger partial charge >= 0.3 is 0 Å². The third kappa shape index (κ3) is 2.37. The number of carbonyl (C=O) groups excluding carboxylic acids is 1. The molecule has 1 aromatic carbocycles. The first-order valence-corrected chi connectivity index (χ1v) is 6.22. The van der Waals surface area contributed by atoms with Crippen LogP contribution in [0.4, 0.5) is 8.78 Å². The number of hydrogen-bond donors (Lipinski definition) is 0. The highest BCUT2D eigenvalue weighted by atomic mass is 19.2. The summed E-state index contributed by atoms with van der Waals surface area (Å²) in [6, 6.07) is 3.54. The zero-order valence-electron chi connectivity index (χ0n) is 10.6. The highest BCUT2D eigenvalue weighted by Gasteiger charge is 2.30. The normalized spacial score (nSPS) is 17.1. The van der Waals surface area contributed by atoms with E-state index in [1.54, 1.807) is 11.9 Å². The Balaban J connectivity index is 2.11. The topological polar surface area (TPSA) is 20.3 Å². The van der Waals surface area contributed by atoms with Gasteiger partial charge in [0.25, 0.3) is 0 Å². The first-order valence-electron chi connectivity index (χ1n) is 6.22. The predicted molar refractivity (Wildman–Crippen MR) is 64.9 cm³/mol. The molecule has 1 aliphatic carbocycles. The molecule has 1 fully saturated rings. The van der Waals surface area contributed by atoms with E-state index >= 15 is 0 Å². The van der Waals surface area contributed by atoms with Crippen molar-refractivity contribution < 1.29 is 13.6 Å². The molecule has 0 aliphatic heterocycles. The second-order valence-corrected chi connectivity index (χ2v) is 4.93. The lowest BCUT2D eigenvalue weighted by molar-refractivity contribution is -0.138. The van der Waals surface area contributed by atoms with Crippen LogP contribution in [0, 0.1) is 17.6 Å². The molecule has 0 aromatic heterocycles. The van der Waals surface area contributed by atoms with Gasteiger partial charge in [0.2, 0.25) is 5.91 Å². The van der Waals surface area contributed by atoms with E-state index in [0.29, 0.717) is 5.56 Å². The molecule has 0 N–H and O–H groups in total. The molecule has 1 atom stereocenters. The van der Waals surface area contributed by atoms with Crippen molar-refractivity contribution >= 4 is 5.91 Å². The van der Waals surface area contributed by atoms with Crippen LogP contribution in [0.2, 0.25) is 0 Å². The molecule has 0 heterocycles. The van der Waals surface area contributed by atoms with Crippen LogP contribution in [0.1, 0.15) is 37.8 Å². The van der Waals surface area contributed by atoms with Crippen LogP contribution < -0.4 is 0 Å². The van der Waals surface area contributed by atoms with Crippen molar-refractivity contribution in [2.75, 3.05) is 7.05 Å². The van der Waals surface area contributed by atoms with Gasteiger partial charge in [-0.05, 0) is 37.5 Å². The summed E-state index contributed by atoms with van der Waals surface area (Å²) in [6.07, 6.45) is 2.98. The van der Waals surface area contributed by atoms with Gasteiger partial charge in [-0.25, -0.2) is 8.78 Å². The molecular formula is C14H17F2NO. The average Bonchev–Trinajstić information content (AvgIpc) is 2.28. The van der Waals surface area contributed by atoms with Crippen molar-refractivity contribution in [2.24, 2.45) is 5.92 Å². The SMILES string of the molecule is CC(c1ccc(F)c(F)c1)N(C)C(=O)C1CCC1. The largest absolute Gasteiger partial charge is 0.339 e. The van der Waals surface area contributed by atoms with Crippen LogP contribution in [0.15, 0.2) is 18.2 Å². The number of rotatable bonds is 3. The lowest BCUT2D eigenvalue weighted by Gasteiger charge is -2.33.